The maximum Gasteiger partial charge on any atom is 0.338 e. The van der Waals surface area contributed by atoms with Crippen LogP contribution in [0.3, 0.4) is 0 Å². The molecule has 0 aromatic heterocycles. The Kier molecular flexibility index (Phi) is 4.46. The second-order valence-electron chi connectivity index (χ2n) is 4.88. The van der Waals surface area contributed by atoms with Crippen molar-refractivity contribution in [3.8, 4) is 5.75 Å². The minimum absolute atomic E-state index is 0.126. The van der Waals surface area contributed by atoms with E-state index in [2.05, 4.69) is 18.8 Å². The third kappa shape index (κ3) is 4.30. The molecule has 0 aliphatic carbocycles. The Morgan fingerprint density at radius 2 is 2.00 bits per heavy atom. The second kappa shape index (κ2) is 5.45. The molecule has 17 heavy (non-hydrogen) atoms. The van der Waals surface area contributed by atoms with Crippen molar-refractivity contribution in [1.82, 2.24) is 0 Å². The van der Waals surface area contributed by atoms with Crippen molar-refractivity contribution in [3.05, 3.63) is 29.3 Å². The van der Waals surface area contributed by atoms with E-state index in [1.54, 1.807) is 25.1 Å². The van der Waals surface area contributed by atoms with Crippen molar-refractivity contribution >= 4 is 16.0 Å². The average molecular weight is 256 g/mol. The molecule has 0 saturated heterocycles. The van der Waals surface area contributed by atoms with Crippen LogP contribution in [-0.2, 0) is 4.74 Å². The van der Waals surface area contributed by atoms with Crippen LogP contribution in [0.5, 0.6) is 5.75 Å². The van der Waals surface area contributed by atoms with E-state index in [0.29, 0.717) is 17.7 Å². The fourth-order valence-electron chi connectivity index (χ4n) is 1.31. The Balaban J connectivity index is 2.62. The van der Waals surface area contributed by atoms with E-state index in [0.717, 1.165) is 5.75 Å². The molecular formula is C13H20O3S. The summed E-state index contributed by atoms with van der Waals surface area (Å²) in [6, 6.07) is 4.88. The van der Waals surface area contributed by atoms with Crippen LogP contribution in [0.15, 0.2) is 18.2 Å². The molecule has 0 heterocycles. The number of benzene rings is 1. The van der Waals surface area contributed by atoms with Crippen molar-refractivity contribution in [2.75, 3.05) is 31.1 Å². The topological polar surface area (TPSA) is 46.5 Å². The van der Waals surface area contributed by atoms with Gasteiger partial charge in [-0.25, -0.2) is 14.8 Å². The number of phenolic OH excluding ortho intramolecular Hbond substituents is 1. The standard InChI is InChI=1S/C13H20O3S/c1-10-11(6-5-7-12(10)14)13(15)16-8-9-17(2,3)4/h5-7,14H,8-9H2,1-4H3. The van der Waals surface area contributed by atoms with Gasteiger partial charge in [0.25, 0.3) is 0 Å². The first-order valence-corrected chi connectivity index (χ1v) is 8.45. The highest BCUT2D eigenvalue weighted by Gasteiger charge is 2.13. The molecule has 96 valence electrons. The predicted molar refractivity (Wildman–Crippen MR) is 73.4 cm³/mol. The Bertz CT molecular complexity index is 408. The van der Waals surface area contributed by atoms with Crippen LogP contribution >= 0.6 is 10.0 Å². The molecule has 0 unspecified atom stereocenters. The summed E-state index contributed by atoms with van der Waals surface area (Å²) in [7, 11) is -0.647. The third-order valence-corrected chi connectivity index (χ3v) is 3.85. The Morgan fingerprint density at radius 3 is 2.59 bits per heavy atom. The van der Waals surface area contributed by atoms with Gasteiger partial charge >= 0.3 is 5.97 Å². The van der Waals surface area contributed by atoms with Crippen molar-refractivity contribution in [3.63, 3.8) is 0 Å². The Morgan fingerprint density at radius 1 is 1.35 bits per heavy atom. The highest BCUT2D eigenvalue weighted by molar-refractivity contribution is 8.32. The molecule has 0 saturated carbocycles. The summed E-state index contributed by atoms with van der Waals surface area (Å²) >= 11 is 0. The van der Waals surface area contributed by atoms with Gasteiger partial charge in [0.2, 0.25) is 0 Å². The number of carbonyl (C=O) groups is 1. The van der Waals surface area contributed by atoms with Crippen LogP contribution in [0.1, 0.15) is 15.9 Å². The number of ether oxygens (including phenoxy) is 1. The summed E-state index contributed by atoms with van der Waals surface area (Å²) in [6.07, 6.45) is 6.54. The highest BCUT2D eigenvalue weighted by atomic mass is 32.3. The van der Waals surface area contributed by atoms with Crippen LogP contribution in [0, 0.1) is 6.92 Å². The summed E-state index contributed by atoms with van der Waals surface area (Å²) in [6.45, 7) is 2.15. The van der Waals surface area contributed by atoms with E-state index in [4.69, 9.17) is 4.74 Å². The zero-order valence-electron chi connectivity index (χ0n) is 10.8. The number of carbonyl (C=O) groups excluding carboxylic acids is 1. The van der Waals surface area contributed by atoms with E-state index < -0.39 is 10.0 Å². The summed E-state index contributed by atoms with van der Waals surface area (Å²) in [5, 5.41) is 9.50. The summed E-state index contributed by atoms with van der Waals surface area (Å²) in [5.41, 5.74) is 1.01. The molecule has 3 nitrogen and oxygen atoms in total. The van der Waals surface area contributed by atoms with Gasteiger partial charge in [0.1, 0.15) is 5.75 Å². The number of aromatic hydroxyl groups is 1. The molecule has 1 aromatic carbocycles. The molecule has 0 aliphatic heterocycles. The molecule has 0 spiro atoms. The number of rotatable bonds is 4. The predicted octanol–water partition coefficient (Wildman–Crippen LogP) is 2.55. The maximum absolute atomic E-state index is 11.8. The SMILES string of the molecule is Cc1c(O)cccc1C(=O)OCCS(C)(C)C. The van der Waals surface area contributed by atoms with Crippen LogP contribution in [0.25, 0.3) is 0 Å². The van der Waals surface area contributed by atoms with Gasteiger partial charge in [-0.3, -0.25) is 0 Å². The molecule has 4 heteroatoms. The Hall–Kier alpha value is -1.16. The minimum atomic E-state index is -0.647. The normalized spacial score (nSPS) is 12.2. The number of hydrogen-bond acceptors (Lipinski definition) is 3. The molecular weight excluding hydrogens is 236 g/mol. The zero-order valence-corrected chi connectivity index (χ0v) is 11.6. The molecule has 0 radical (unpaired) electrons. The van der Waals surface area contributed by atoms with Gasteiger partial charge in [0, 0.05) is 11.3 Å². The van der Waals surface area contributed by atoms with Crippen molar-refractivity contribution in [2.45, 2.75) is 6.92 Å². The monoisotopic (exact) mass is 256 g/mol. The first-order chi connectivity index (χ1) is 7.81. The number of phenols is 1. The van der Waals surface area contributed by atoms with Crippen LogP contribution in [-0.4, -0.2) is 42.2 Å². The molecule has 1 aromatic rings. The minimum Gasteiger partial charge on any atom is -0.508 e. The molecule has 1 N–H and O–H groups in total. The van der Waals surface area contributed by atoms with E-state index in [9.17, 15) is 9.90 Å². The number of hydrogen-bond donors (Lipinski definition) is 1. The first kappa shape index (κ1) is 13.9. The fraction of sp³-hybridized carbons (Fsp3) is 0.462. The lowest BCUT2D eigenvalue weighted by molar-refractivity contribution is 0.0528. The lowest BCUT2D eigenvalue weighted by Crippen LogP contribution is -2.13. The summed E-state index contributed by atoms with van der Waals surface area (Å²) in [5.74, 6) is 0.666. The summed E-state index contributed by atoms with van der Waals surface area (Å²) < 4.78 is 5.21. The zero-order chi connectivity index (χ0) is 13.1. The quantitative estimate of drug-likeness (QED) is 0.842. The van der Waals surface area contributed by atoms with Gasteiger partial charge in [0.15, 0.2) is 0 Å². The van der Waals surface area contributed by atoms with Gasteiger partial charge in [-0.2, -0.15) is 0 Å². The molecule has 0 bridgehead atoms. The van der Waals surface area contributed by atoms with Gasteiger partial charge in [0.05, 0.1) is 12.2 Å². The van der Waals surface area contributed by atoms with E-state index >= 15 is 0 Å². The largest absolute Gasteiger partial charge is 0.508 e. The Labute approximate surface area is 104 Å². The van der Waals surface area contributed by atoms with Gasteiger partial charge in [-0.15, -0.1) is 0 Å². The average Bonchev–Trinajstić information content (AvgIpc) is 2.20. The van der Waals surface area contributed by atoms with E-state index in [1.807, 2.05) is 0 Å². The van der Waals surface area contributed by atoms with Crippen molar-refractivity contribution in [2.24, 2.45) is 0 Å². The highest BCUT2D eigenvalue weighted by Crippen LogP contribution is 2.33. The second-order valence-corrected chi connectivity index (χ2v) is 9.47. The van der Waals surface area contributed by atoms with Crippen molar-refractivity contribution in [1.29, 1.82) is 0 Å². The third-order valence-electron chi connectivity index (χ3n) is 2.45. The van der Waals surface area contributed by atoms with E-state index in [-0.39, 0.29) is 11.7 Å². The molecule has 1 rings (SSSR count). The van der Waals surface area contributed by atoms with Gasteiger partial charge in [-0.05, 0) is 37.8 Å². The van der Waals surface area contributed by atoms with Crippen LogP contribution < -0.4 is 0 Å². The smallest absolute Gasteiger partial charge is 0.338 e. The summed E-state index contributed by atoms with van der Waals surface area (Å²) in [4.78, 5) is 11.8. The van der Waals surface area contributed by atoms with E-state index in [1.165, 1.54) is 0 Å². The van der Waals surface area contributed by atoms with Crippen LogP contribution in [0.2, 0.25) is 0 Å². The molecule has 0 atom stereocenters. The molecule has 0 aliphatic rings. The molecule has 0 amide bonds. The first-order valence-electron chi connectivity index (χ1n) is 5.43. The lowest BCUT2D eigenvalue weighted by Gasteiger charge is -2.24. The van der Waals surface area contributed by atoms with Gasteiger partial charge < -0.3 is 9.84 Å². The molecule has 0 fully saturated rings. The maximum atomic E-state index is 11.8. The fourth-order valence-corrected chi connectivity index (χ4v) is 1.89. The van der Waals surface area contributed by atoms with Gasteiger partial charge in [-0.1, -0.05) is 6.07 Å². The van der Waals surface area contributed by atoms with Crippen LogP contribution in [0.4, 0.5) is 0 Å². The lowest BCUT2D eigenvalue weighted by atomic mass is 10.1. The number of esters is 1. The van der Waals surface area contributed by atoms with Crippen molar-refractivity contribution < 1.29 is 14.6 Å².